The summed E-state index contributed by atoms with van der Waals surface area (Å²) in [5, 5.41) is 3.02. The van der Waals surface area contributed by atoms with Crippen molar-refractivity contribution in [2.75, 3.05) is 30.8 Å². The maximum absolute atomic E-state index is 13.9. The van der Waals surface area contributed by atoms with Gasteiger partial charge in [0.25, 0.3) is 0 Å². The molecule has 0 aliphatic heterocycles. The molecular weight excluding hydrogens is 618 g/mol. The van der Waals surface area contributed by atoms with Crippen LogP contribution in [0.1, 0.15) is 43.7 Å². The summed E-state index contributed by atoms with van der Waals surface area (Å²) in [5.41, 5.74) is 2.33. The maximum atomic E-state index is 13.9. The van der Waals surface area contributed by atoms with Gasteiger partial charge in [-0.15, -0.1) is 0 Å². The van der Waals surface area contributed by atoms with Crippen LogP contribution in [0.4, 0.5) is 5.69 Å². The molecule has 0 saturated heterocycles. The lowest BCUT2D eigenvalue weighted by Gasteiger charge is -2.32. The van der Waals surface area contributed by atoms with Crippen LogP contribution < -0.4 is 14.4 Å². The molecule has 0 spiro atoms. The summed E-state index contributed by atoms with van der Waals surface area (Å²) in [5.74, 6) is 0.203. The van der Waals surface area contributed by atoms with Crippen LogP contribution in [-0.4, -0.2) is 57.6 Å². The monoisotopic (exact) mass is 657 g/mol. The van der Waals surface area contributed by atoms with E-state index in [9.17, 15) is 18.0 Å². The number of nitrogens with zero attached hydrogens (tertiary/aromatic N) is 2. The first-order valence-electron chi connectivity index (χ1n) is 14.1. The average Bonchev–Trinajstić information content (AvgIpc) is 2.98. The molecule has 0 saturated carbocycles. The van der Waals surface area contributed by atoms with E-state index in [0.29, 0.717) is 24.4 Å². The number of hydrogen-bond donors (Lipinski definition) is 1. The van der Waals surface area contributed by atoms with E-state index in [-0.39, 0.29) is 37.7 Å². The Morgan fingerprint density at radius 1 is 0.929 bits per heavy atom. The van der Waals surface area contributed by atoms with Crippen molar-refractivity contribution in [3.63, 3.8) is 0 Å². The minimum absolute atomic E-state index is 0.0756. The summed E-state index contributed by atoms with van der Waals surface area (Å²) in [4.78, 5) is 29.1. The fourth-order valence-electron chi connectivity index (χ4n) is 4.60. The Labute approximate surface area is 258 Å². The first kappa shape index (κ1) is 33.1. The minimum atomic E-state index is -3.59. The Hall–Kier alpha value is -3.37. The van der Waals surface area contributed by atoms with Gasteiger partial charge in [0.05, 0.1) is 19.1 Å². The lowest BCUT2D eigenvalue weighted by Crippen LogP contribution is -2.50. The van der Waals surface area contributed by atoms with Crippen LogP contribution in [0.5, 0.6) is 5.75 Å². The Bertz CT molecular complexity index is 1380. The zero-order chi connectivity index (χ0) is 30.5. The highest BCUT2D eigenvalue weighted by molar-refractivity contribution is 9.10. The van der Waals surface area contributed by atoms with Crippen molar-refractivity contribution in [3.05, 3.63) is 94.5 Å². The van der Waals surface area contributed by atoms with Crippen LogP contribution in [-0.2, 0) is 32.6 Å². The Balaban J connectivity index is 1.85. The van der Waals surface area contributed by atoms with Crippen molar-refractivity contribution in [3.8, 4) is 5.75 Å². The number of benzene rings is 3. The molecule has 3 aromatic rings. The quantitative estimate of drug-likeness (QED) is 0.204. The van der Waals surface area contributed by atoms with E-state index in [2.05, 4.69) is 28.2 Å². The fourth-order valence-corrected chi connectivity index (χ4v) is 5.83. The van der Waals surface area contributed by atoms with Gasteiger partial charge < -0.3 is 15.0 Å². The number of hydrogen-bond acceptors (Lipinski definition) is 5. The predicted octanol–water partition coefficient (Wildman–Crippen LogP) is 5.56. The van der Waals surface area contributed by atoms with Gasteiger partial charge in [0, 0.05) is 36.9 Å². The summed E-state index contributed by atoms with van der Waals surface area (Å²) in [7, 11) is -2.05. The topological polar surface area (TPSA) is 96.0 Å². The number of sulfonamides is 1. The van der Waals surface area contributed by atoms with Crippen molar-refractivity contribution in [2.24, 2.45) is 0 Å². The van der Waals surface area contributed by atoms with Crippen LogP contribution in [0.3, 0.4) is 0 Å². The van der Waals surface area contributed by atoms with Crippen molar-refractivity contribution >= 4 is 43.5 Å². The molecule has 0 bridgehead atoms. The molecule has 3 rings (SSSR count). The summed E-state index contributed by atoms with van der Waals surface area (Å²) in [6.07, 6.45) is 3.65. The molecule has 0 unspecified atom stereocenters. The van der Waals surface area contributed by atoms with E-state index >= 15 is 0 Å². The van der Waals surface area contributed by atoms with Gasteiger partial charge >= 0.3 is 0 Å². The number of nitrogens with one attached hydrogen (secondary N) is 1. The molecule has 0 heterocycles. The van der Waals surface area contributed by atoms with Crippen LogP contribution in [0.15, 0.2) is 83.3 Å². The number of methoxy groups -OCH3 is 1. The molecule has 8 nitrogen and oxygen atoms in total. The highest BCUT2D eigenvalue weighted by Gasteiger charge is 2.30. The fraction of sp³-hybridized carbons (Fsp3) is 0.375. The molecule has 1 N–H and O–H groups in total. The van der Waals surface area contributed by atoms with Gasteiger partial charge in [-0.05, 0) is 60.4 Å². The van der Waals surface area contributed by atoms with Gasteiger partial charge in [-0.3, -0.25) is 13.9 Å². The number of halogens is 1. The third-order valence-electron chi connectivity index (χ3n) is 6.88. The molecule has 0 fully saturated rings. The molecule has 0 aliphatic rings. The van der Waals surface area contributed by atoms with E-state index in [1.165, 1.54) is 4.31 Å². The summed E-state index contributed by atoms with van der Waals surface area (Å²) in [6, 6.07) is 23.3. The molecule has 2 amide bonds. The normalized spacial score (nSPS) is 11.9. The maximum Gasteiger partial charge on any atom is 0.243 e. The van der Waals surface area contributed by atoms with Crippen molar-refractivity contribution in [1.82, 2.24) is 10.2 Å². The molecule has 42 heavy (non-hydrogen) atoms. The molecule has 0 aromatic heterocycles. The second-order valence-corrected chi connectivity index (χ2v) is 13.0. The third-order valence-corrected chi connectivity index (χ3v) is 8.60. The standard InChI is InChI=1S/C32H40BrN3O5S/c1-4-5-21-34-32(38)30(23-25-10-7-6-8-11-25)35(24-26-13-15-27(33)16-14-26)31(37)12-9-22-36(42(3,39)40)28-17-19-29(41-2)20-18-28/h6-8,10-11,13-20,30H,4-5,9,12,21-24H2,1-3H3,(H,34,38)/t30-/m1/s1. The molecule has 1 atom stereocenters. The second kappa shape index (κ2) is 16.3. The van der Waals surface area contributed by atoms with Gasteiger partial charge in [0.2, 0.25) is 21.8 Å². The first-order valence-corrected chi connectivity index (χ1v) is 16.7. The number of anilines is 1. The zero-order valence-corrected chi connectivity index (χ0v) is 26.9. The molecule has 0 aliphatic carbocycles. The van der Waals surface area contributed by atoms with Gasteiger partial charge in [0.1, 0.15) is 11.8 Å². The van der Waals surface area contributed by atoms with Crippen LogP contribution in [0.2, 0.25) is 0 Å². The van der Waals surface area contributed by atoms with Crippen LogP contribution in [0, 0.1) is 0 Å². The van der Waals surface area contributed by atoms with Gasteiger partial charge in [-0.25, -0.2) is 8.42 Å². The first-order chi connectivity index (χ1) is 20.1. The summed E-state index contributed by atoms with van der Waals surface area (Å²) >= 11 is 3.46. The Morgan fingerprint density at radius 2 is 1.60 bits per heavy atom. The number of ether oxygens (including phenoxy) is 1. The number of carbonyl (C=O) groups is 2. The molecule has 226 valence electrons. The number of unbranched alkanes of at least 4 members (excludes halogenated alkanes) is 1. The zero-order valence-electron chi connectivity index (χ0n) is 24.5. The third kappa shape index (κ3) is 10.2. The number of amides is 2. The van der Waals surface area contributed by atoms with Crippen molar-refractivity contribution in [1.29, 1.82) is 0 Å². The molecular formula is C32H40BrN3O5S. The number of rotatable bonds is 16. The number of carbonyl (C=O) groups excluding carboxylic acids is 2. The smallest absolute Gasteiger partial charge is 0.243 e. The van der Waals surface area contributed by atoms with E-state index in [1.54, 1.807) is 36.3 Å². The summed E-state index contributed by atoms with van der Waals surface area (Å²) in [6.45, 7) is 2.96. The predicted molar refractivity (Wildman–Crippen MR) is 171 cm³/mol. The van der Waals surface area contributed by atoms with E-state index < -0.39 is 16.1 Å². The Morgan fingerprint density at radius 3 is 2.19 bits per heavy atom. The van der Waals surface area contributed by atoms with E-state index in [1.807, 2.05) is 54.6 Å². The van der Waals surface area contributed by atoms with Crippen molar-refractivity contribution in [2.45, 2.75) is 51.6 Å². The minimum Gasteiger partial charge on any atom is -0.497 e. The molecule has 3 aromatic carbocycles. The Kier molecular flexibility index (Phi) is 12.9. The van der Waals surface area contributed by atoms with Gasteiger partial charge in [-0.1, -0.05) is 71.7 Å². The van der Waals surface area contributed by atoms with E-state index in [0.717, 1.165) is 34.7 Å². The molecule has 10 heteroatoms. The van der Waals surface area contributed by atoms with E-state index in [4.69, 9.17) is 4.74 Å². The largest absolute Gasteiger partial charge is 0.497 e. The lowest BCUT2D eigenvalue weighted by atomic mass is 10.0. The van der Waals surface area contributed by atoms with Crippen LogP contribution >= 0.6 is 15.9 Å². The van der Waals surface area contributed by atoms with Crippen molar-refractivity contribution < 1.29 is 22.7 Å². The van der Waals surface area contributed by atoms with Gasteiger partial charge in [-0.2, -0.15) is 0 Å². The van der Waals surface area contributed by atoms with Gasteiger partial charge in [0.15, 0.2) is 0 Å². The lowest BCUT2D eigenvalue weighted by molar-refractivity contribution is -0.141. The molecule has 0 radical (unpaired) electrons. The average molecular weight is 659 g/mol. The van der Waals surface area contributed by atoms with Crippen LogP contribution in [0.25, 0.3) is 0 Å². The highest BCUT2D eigenvalue weighted by Crippen LogP contribution is 2.23. The highest BCUT2D eigenvalue weighted by atomic mass is 79.9. The summed E-state index contributed by atoms with van der Waals surface area (Å²) < 4.78 is 32.7. The SMILES string of the molecule is CCCCNC(=O)[C@@H](Cc1ccccc1)N(Cc1ccc(Br)cc1)C(=O)CCCN(c1ccc(OC)cc1)S(C)(=O)=O. The second-order valence-electron chi connectivity index (χ2n) is 10.1.